The van der Waals surface area contributed by atoms with Crippen molar-refractivity contribution in [3.8, 4) is 0 Å². The van der Waals surface area contributed by atoms with Gasteiger partial charge < -0.3 is 5.32 Å². The van der Waals surface area contributed by atoms with Crippen LogP contribution in [0.3, 0.4) is 0 Å². The molecule has 2 rings (SSSR count). The Hall–Kier alpha value is -1.01. The van der Waals surface area contributed by atoms with Crippen LogP contribution in [0.4, 0.5) is 8.78 Å². The summed E-state index contributed by atoms with van der Waals surface area (Å²) in [6.07, 6.45) is 2.14. The van der Waals surface area contributed by atoms with Gasteiger partial charge in [-0.2, -0.15) is 0 Å². The van der Waals surface area contributed by atoms with Crippen LogP contribution in [0.15, 0.2) is 23.1 Å². The molecule has 0 aliphatic heterocycles. The van der Waals surface area contributed by atoms with E-state index in [-0.39, 0.29) is 12.0 Å². The summed E-state index contributed by atoms with van der Waals surface area (Å²) < 4.78 is 52.7. The maximum Gasteiger partial charge on any atom is 0.185 e. The van der Waals surface area contributed by atoms with Gasteiger partial charge in [-0.15, -0.1) is 0 Å². The predicted octanol–water partition coefficient (Wildman–Crippen LogP) is 2.91. The molecular formula is C15H21F2NO2S. The minimum absolute atomic E-state index is 0.209. The summed E-state index contributed by atoms with van der Waals surface area (Å²) in [6, 6.07) is 2.38. The van der Waals surface area contributed by atoms with Gasteiger partial charge in [0.05, 0.1) is 5.25 Å². The first kappa shape index (κ1) is 16.4. The Kier molecular flexibility index (Phi) is 4.99. The van der Waals surface area contributed by atoms with E-state index in [1.54, 1.807) is 0 Å². The summed E-state index contributed by atoms with van der Waals surface area (Å²) in [4.78, 5) is -0.524. The molecule has 1 aromatic carbocycles. The van der Waals surface area contributed by atoms with Crippen molar-refractivity contribution in [2.45, 2.75) is 49.3 Å². The van der Waals surface area contributed by atoms with Crippen LogP contribution in [0.25, 0.3) is 0 Å². The maximum atomic E-state index is 13.9. The number of hydrogen-bond acceptors (Lipinski definition) is 3. The molecule has 1 aliphatic rings. The highest BCUT2D eigenvalue weighted by molar-refractivity contribution is 7.92. The lowest BCUT2D eigenvalue weighted by Gasteiger charge is -2.35. The standard InChI is InChI=1S/C15H21F2NO2S/c1-3-18-13-7-4-10(2)8-15(13)21(19,20)14-9-11(16)5-6-12(14)17/h5-6,9-10,13,15,18H,3-4,7-8H2,1-2H3. The molecule has 118 valence electrons. The van der Waals surface area contributed by atoms with Gasteiger partial charge >= 0.3 is 0 Å². The van der Waals surface area contributed by atoms with E-state index >= 15 is 0 Å². The second kappa shape index (κ2) is 6.40. The van der Waals surface area contributed by atoms with Crippen LogP contribution in [0.1, 0.15) is 33.1 Å². The maximum absolute atomic E-state index is 13.9. The molecule has 1 N–H and O–H groups in total. The van der Waals surface area contributed by atoms with E-state index in [9.17, 15) is 17.2 Å². The summed E-state index contributed by atoms with van der Waals surface area (Å²) in [5.41, 5.74) is 0. The molecular weight excluding hydrogens is 296 g/mol. The SMILES string of the molecule is CCNC1CCC(C)CC1S(=O)(=O)c1cc(F)ccc1F. The average molecular weight is 317 g/mol. The van der Waals surface area contributed by atoms with Crippen LogP contribution in [0, 0.1) is 17.6 Å². The molecule has 0 radical (unpaired) electrons. The van der Waals surface area contributed by atoms with Gasteiger partial charge in [0, 0.05) is 6.04 Å². The van der Waals surface area contributed by atoms with Crippen LogP contribution >= 0.6 is 0 Å². The van der Waals surface area contributed by atoms with Crippen molar-refractivity contribution < 1.29 is 17.2 Å². The van der Waals surface area contributed by atoms with Gasteiger partial charge in [0.25, 0.3) is 0 Å². The predicted molar refractivity (Wildman–Crippen MR) is 77.8 cm³/mol. The first-order chi connectivity index (χ1) is 9.86. The highest BCUT2D eigenvalue weighted by Gasteiger charge is 2.39. The van der Waals surface area contributed by atoms with Crippen molar-refractivity contribution in [3.05, 3.63) is 29.8 Å². The van der Waals surface area contributed by atoms with Crippen molar-refractivity contribution in [2.75, 3.05) is 6.54 Å². The lowest BCUT2D eigenvalue weighted by Crippen LogP contribution is -2.48. The van der Waals surface area contributed by atoms with E-state index in [4.69, 9.17) is 0 Å². The highest BCUT2D eigenvalue weighted by atomic mass is 32.2. The highest BCUT2D eigenvalue weighted by Crippen LogP contribution is 2.33. The fraction of sp³-hybridized carbons (Fsp3) is 0.600. The van der Waals surface area contributed by atoms with E-state index in [1.807, 2.05) is 13.8 Å². The normalized spacial score (nSPS) is 26.8. The molecule has 0 amide bonds. The fourth-order valence-electron chi connectivity index (χ4n) is 3.03. The third-order valence-corrected chi connectivity index (χ3v) is 6.36. The minimum atomic E-state index is -3.90. The van der Waals surface area contributed by atoms with Crippen LogP contribution in [-0.2, 0) is 9.84 Å². The third kappa shape index (κ3) is 3.43. The van der Waals surface area contributed by atoms with E-state index in [2.05, 4.69) is 5.32 Å². The summed E-state index contributed by atoms with van der Waals surface area (Å²) in [6.45, 7) is 4.55. The molecule has 3 atom stereocenters. The summed E-state index contributed by atoms with van der Waals surface area (Å²) >= 11 is 0. The first-order valence-corrected chi connectivity index (χ1v) is 8.83. The van der Waals surface area contributed by atoms with Crippen LogP contribution in [0.2, 0.25) is 0 Å². The van der Waals surface area contributed by atoms with Gasteiger partial charge in [-0.05, 0) is 49.9 Å². The van der Waals surface area contributed by atoms with E-state index in [0.29, 0.717) is 13.0 Å². The molecule has 6 heteroatoms. The molecule has 0 aromatic heterocycles. The van der Waals surface area contributed by atoms with Crippen molar-refractivity contribution in [1.82, 2.24) is 5.32 Å². The molecule has 1 saturated carbocycles. The largest absolute Gasteiger partial charge is 0.313 e. The summed E-state index contributed by atoms with van der Waals surface area (Å²) in [5.74, 6) is -1.36. The molecule has 21 heavy (non-hydrogen) atoms. The molecule has 1 aromatic rings. The Balaban J connectivity index is 2.42. The number of nitrogens with one attached hydrogen (secondary N) is 1. The molecule has 0 spiro atoms. The van der Waals surface area contributed by atoms with Gasteiger partial charge in [-0.25, -0.2) is 17.2 Å². The molecule has 0 heterocycles. The van der Waals surface area contributed by atoms with Gasteiger partial charge in [-0.1, -0.05) is 13.8 Å². The number of halogens is 2. The monoisotopic (exact) mass is 317 g/mol. The summed E-state index contributed by atoms with van der Waals surface area (Å²) in [5, 5.41) is 2.46. The van der Waals surface area contributed by atoms with Crippen LogP contribution < -0.4 is 5.32 Å². The van der Waals surface area contributed by atoms with E-state index < -0.39 is 31.6 Å². The Labute approximate surface area is 124 Å². The Morgan fingerprint density at radius 1 is 1.29 bits per heavy atom. The smallest absolute Gasteiger partial charge is 0.185 e. The quantitative estimate of drug-likeness (QED) is 0.929. The first-order valence-electron chi connectivity index (χ1n) is 7.28. The lowest BCUT2D eigenvalue weighted by atomic mass is 9.87. The molecule has 1 aliphatic carbocycles. The van der Waals surface area contributed by atoms with E-state index in [0.717, 1.165) is 31.0 Å². The Bertz CT molecular complexity index is 604. The fourth-order valence-corrected chi connectivity index (χ4v) is 5.22. The summed E-state index contributed by atoms with van der Waals surface area (Å²) in [7, 11) is -3.90. The lowest BCUT2D eigenvalue weighted by molar-refractivity contribution is 0.311. The second-order valence-corrected chi connectivity index (χ2v) is 7.88. The van der Waals surface area contributed by atoms with E-state index in [1.165, 1.54) is 0 Å². The molecule has 0 bridgehead atoms. The molecule has 3 nitrogen and oxygen atoms in total. The Morgan fingerprint density at radius 3 is 2.67 bits per heavy atom. The van der Waals surface area contributed by atoms with Gasteiger partial charge in [-0.3, -0.25) is 0 Å². The second-order valence-electron chi connectivity index (χ2n) is 5.74. The van der Waals surface area contributed by atoms with Crippen molar-refractivity contribution >= 4 is 9.84 Å². The Morgan fingerprint density at radius 2 is 2.00 bits per heavy atom. The van der Waals surface area contributed by atoms with Gasteiger partial charge in [0.15, 0.2) is 9.84 Å². The molecule has 1 fully saturated rings. The van der Waals surface area contributed by atoms with Crippen molar-refractivity contribution in [2.24, 2.45) is 5.92 Å². The van der Waals surface area contributed by atoms with Crippen molar-refractivity contribution in [1.29, 1.82) is 0 Å². The molecule has 3 unspecified atom stereocenters. The number of sulfone groups is 1. The van der Waals surface area contributed by atoms with Crippen molar-refractivity contribution in [3.63, 3.8) is 0 Å². The van der Waals surface area contributed by atoms with Crippen LogP contribution in [-0.4, -0.2) is 26.3 Å². The minimum Gasteiger partial charge on any atom is -0.313 e. The number of rotatable bonds is 4. The average Bonchev–Trinajstić information content (AvgIpc) is 2.43. The number of hydrogen-bond donors (Lipinski definition) is 1. The molecule has 0 saturated heterocycles. The number of benzene rings is 1. The zero-order valence-electron chi connectivity index (χ0n) is 12.3. The van der Waals surface area contributed by atoms with Gasteiger partial charge in [0.2, 0.25) is 0 Å². The zero-order valence-corrected chi connectivity index (χ0v) is 13.1. The topological polar surface area (TPSA) is 46.2 Å². The zero-order chi connectivity index (χ0) is 15.6. The third-order valence-electron chi connectivity index (χ3n) is 4.12. The van der Waals surface area contributed by atoms with Gasteiger partial charge in [0.1, 0.15) is 16.5 Å². The van der Waals surface area contributed by atoms with Crippen LogP contribution in [0.5, 0.6) is 0 Å².